The molecule has 0 aliphatic carbocycles. The van der Waals surface area contributed by atoms with Crippen LogP contribution in [0.25, 0.3) is 10.6 Å². The molecule has 3 aromatic rings. The van der Waals surface area contributed by atoms with Gasteiger partial charge in [-0.05, 0) is 43.3 Å². The molecule has 0 spiro atoms. The molecular weight excluding hydrogens is 386 g/mol. The largest absolute Gasteiger partial charge is 0.355 e. The summed E-state index contributed by atoms with van der Waals surface area (Å²) in [7, 11) is 0. The number of benzene rings is 1. The van der Waals surface area contributed by atoms with Crippen LogP contribution in [-0.4, -0.2) is 35.4 Å². The van der Waals surface area contributed by atoms with E-state index in [0.29, 0.717) is 12.3 Å². The summed E-state index contributed by atoms with van der Waals surface area (Å²) in [5, 5.41) is 8.23. The summed E-state index contributed by atoms with van der Waals surface area (Å²) in [5.74, 6) is 0.657. The summed E-state index contributed by atoms with van der Waals surface area (Å²) in [5.41, 5.74) is 1.96. The minimum absolute atomic E-state index is 0.0749. The van der Waals surface area contributed by atoms with Crippen molar-refractivity contribution in [3.63, 3.8) is 0 Å². The maximum Gasteiger partial charge on any atom is 0.226 e. The molecule has 1 fully saturated rings. The van der Waals surface area contributed by atoms with Crippen molar-refractivity contribution in [2.24, 2.45) is 5.92 Å². The monoisotopic (exact) mass is 411 g/mol. The second kappa shape index (κ2) is 9.45. The van der Waals surface area contributed by atoms with E-state index in [9.17, 15) is 4.79 Å². The highest BCUT2D eigenvalue weighted by molar-refractivity contribution is 7.13. The van der Waals surface area contributed by atoms with Crippen LogP contribution in [0.5, 0.6) is 0 Å². The predicted molar refractivity (Wildman–Crippen MR) is 117 cm³/mol. The summed E-state index contributed by atoms with van der Waals surface area (Å²) in [6.45, 7) is 4.07. The highest BCUT2D eigenvalue weighted by atomic mass is 32.1. The Kier molecular flexibility index (Phi) is 6.52. The van der Waals surface area contributed by atoms with Crippen molar-refractivity contribution in [1.29, 1.82) is 0 Å². The molecule has 0 saturated carbocycles. The standard InChI is InChI=1S/C22H25N3OS2/c26-21(13-19-16-28-22(24-19)18-5-2-1-3-6-18)23-14-17-8-10-25(11-9-17)15-20-7-4-12-27-20/h1-7,12,16-17H,8-11,13-15H2,(H,23,26). The minimum atomic E-state index is 0.0749. The van der Waals surface area contributed by atoms with Crippen molar-refractivity contribution in [3.05, 3.63) is 63.8 Å². The van der Waals surface area contributed by atoms with Gasteiger partial charge >= 0.3 is 0 Å². The third kappa shape index (κ3) is 5.28. The van der Waals surface area contributed by atoms with Gasteiger partial charge < -0.3 is 5.32 Å². The number of likely N-dealkylation sites (tertiary alicyclic amines) is 1. The topological polar surface area (TPSA) is 45.2 Å². The van der Waals surface area contributed by atoms with Crippen molar-refractivity contribution >= 4 is 28.6 Å². The Morgan fingerprint density at radius 1 is 1.11 bits per heavy atom. The average molecular weight is 412 g/mol. The number of thiazole rings is 1. The van der Waals surface area contributed by atoms with E-state index in [1.807, 2.05) is 47.0 Å². The van der Waals surface area contributed by atoms with E-state index in [1.54, 1.807) is 11.3 Å². The molecule has 6 heteroatoms. The number of carbonyl (C=O) groups excluding carboxylic acids is 1. The molecule has 1 saturated heterocycles. The van der Waals surface area contributed by atoms with Crippen LogP contribution < -0.4 is 5.32 Å². The van der Waals surface area contributed by atoms with Crippen LogP contribution in [0.15, 0.2) is 53.2 Å². The molecule has 3 heterocycles. The van der Waals surface area contributed by atoms with E-state index in [0.717, 1.165) is 55.3 Å². The van der Waals surface area contributed by atoms with Crippen LogP contribution >= 0.6 is 22.7 Å². The number of rotatable bonds is 7. The van der Waals surface area contributed by atoms with Crippen molar-refractivity contribution in [2.45, 2.75) is 25.8 Å². The third-order valence-corrected chi connectivity index (χ3v) is 6.97. The van der Waals surface area contributed by atoms with Crippen LogP contribution in [0.3, 0.4) is 0 Å². The second-order valence-electron chi connectivity index (χ2n) is 7.29. The number of nitrogens with one attached hydrogen (secondary N) is 1. The lowest BCUT2D eigenvalue weighted by Crippen LogP contribution is -2.38. The van der Waals surface area contributed by atoms with Gasteiger partial charge in [0.05, 0.1) is 12.1 Å². The molecule has 0 bridgehead atoms. The molecule has 1 amide bonds. The SMILES string of the molecule is O=C(Cc1csc(-c2ccccc2)n1)NCC1CCN(Cc2cccs2)CC1. The zero-order chi connectivity index (χ0) is 19.2. The Hall–Kier alpha value is -2.02. The van der Waals surface area contributed by atoms with Gasteiger partial charge in [0.2, 0.25) is 5.91 Å². The number of thiophene rings is 1. The van der Waals surface area contributed by atoms with E-state index in [2.05, 4.69) is 32.7 Å². The van der Waals surface area contributed by atoms with E-state index < -0.39 is 0 Å². The summed E-state index contributed by atoms with van der Waals surface area (Å²) in [6, 6.07) is 14.4. The number of carbonyl (C=O) groups is 1. The zero-order valence-electron chi connectivity index (χ0n) is 15.8. The van der Waals surface area contributed by atoms with E-state index in [1.165, 1.54) is 4.88 Å². The summed E-state index contributed by atoms with van der Waals surface area (Å²) in [6.07, 6.45) is 2.67. The van der Waals surface area contributed by atoms with E-state index >= 15 is 0 Å². The van der Waals surface area contributed by atoms with Gasteiger partial charge in [0.25, 0.3) is 0 Å². The first-order valence-electron chi connectivity index (χ1n) is 9.77. The van der Waals surface area contributed by atoms with Gasteiger partial charge in [-0.25, -0.2) is 4.98 Å². The quantitative estimate of drug-likeness (QED) is 0.625. The fraction of sp³-hybridized carbons (Fsp3) is 0.364. The molecule has 4 rings (SSSR count). The van der Waals surface area contributed by atoms with Crippen molar-refractivity contribution in [1.82, 2.24) is 15.2 Å². The van der Waals surface area contributed by atoms with Gasteiger partial charge in [-0.2, -0.15) is 0 Å². The molecule has 1 N–H and O–H groups in total. The van der Waals surface area contributed by atoms with E-state index in [-0.39, 0.29) is 5.91 Å². The molecule has 1 aliphatic heterocycles. The Balaban J connectivity index is 1.19. The predicted octanol–water partition coefficient (Wildman–Crippen LogP) is 4.44. The Morgan fingerprint density at radius 2 is 1.93 bits per heavy atom. The van der Waals surface area contributed by atoms with Crippen LogP contribution in [0.1, 0.15) is 23.4 Å². The van der Waals surface area contributed by atoms with Crippen molar-refractivity contribution in [3.8, 4) is 10.6 Å². The number of amides is 1. The Labute approximate surface area is 174 Å². The van der Waals surface area contributed by atoms with Gasteiger partial charge in [0.1, 0.15) is 5.01 Å². The molecule has 4 nitrogen and oxygen atoms in total. The molecule has 28 heavy (non-hydrogen) atoms. The number of nitrogens with zero attached hydrogens (tertiary/aromatic N) is 2. The van der Waals surface area contributed by atoms with Gasteiger partial charge in [0, 0.05) is 28.9 Å². The maximum absolute atomic E-state index is 12.3. The molecule has 146 valence electrons. The first kappa shape index (κ1) is 19.3. The highest BCUT2D eigenvalue weighted by Gasteiger charge is 2.20. The number of hydrogen-bond acceptors (Lipinski definition) is 5. The van der Waals surface area contributed by atoms with Crippen molar-refractivity contribution in [2.75, 3.05) is 19.6 Å². The van der Waals surface area contributed by atoms with Crippen LogP contribution in [0.2, 0.25) is 0 Å². The van der Waals surface area contributed by atoms with E-state index in [4.69, 9.17) is 0 Å². The fourth-order valence-corrected chi connectivity index (χ4v) is 5.13. The smallest absolute Gasteiger partial charge is 0.226 e. The molecular formula is C22H25N3OS2. The summed E-state index contributed by atoms with van der Waals surface area (Å²) >= 11 is 3.43. The van der Waals surface area contributed by atoms with Gasteiger partial charge in [0.15, 0.2) is 0 Å². The zero-order valence-corrected chi connectivity index (χ0v) is 17.5. The first-order valence-corrected chi connectivity index (χ1v) is 11.5. The lowest BCUT2D eigenvalue weighted by Gasteiger charge is -2.31. The third-order valence-electron chi connectivity index (χ3n) is 5.17. The average Bonchev–Trinajstić information content (AvgIpc) is 3.40. The number of hydrogen-bond donors (Lipinski definition) is 1. The number of piperidine rings is 1. The Bertz CT molecular complexity index is 868. The molecule has 0 atom stereocenters. The van der Waals surface area contributed by atoms with Crippen LogP contribution in [0.4, 0.5) is 0 Å². The number of aromatic nitrogens is 1. The van der Waals surface area contributed by atoms with Crippen LogP contribution in [0, 0.1) is 5.92 Å². The Morgan fingerprint density at radius 3 is 2.68 bits per heavy atom. The van der Waals surface area contributed by atoms with Gasteiger partial charge in [-0.15, -0.1) is 22.7 Å². The molecule has 0 radical (unpaired) electrons. The lowest BCUT2D eigenvalue weighted by atomic mass is 9.96. The van der Waals surface area contributed by atoms with Gasteiger partial charge in [-0.3, -0.25) is 9.69 Å². The molecule has 1 aliphatic rings. The molecule has 2 aromatic heterocycles. The molecule has 1 aromatic carbocycles. The summed E-state index contributed by atoms with van der Waals surface area (Å²) < 4.78 is 0. The lowest BCUT2D eigenvalue weighted by molar-refractivity contribution is -0.120. The second-order valence-corrected chi connectivity index (χ2v) is 9.18. The van der Waals surface area contributed by atoms with Gasteiger partial charge in [-0.1, -0.05) is 36.4 Å². The first-order chi connectivity index (χ1) is 13.8. The maximum atomic E-state index is 12.3. The molecule has 0 unspecified atom stereocenters. The van der Waals surface area contributed by atoms with Crippen molar-refractivity contribution < 1.29 is 4.79 Å². The summed E-state index contributed by atoms with van der Waals surface area (Å²) in [4.78, 5) is 20.9. The minimum Gasteiger partial charge on any atom is -0.355 e. The highest BCUT2D eigenvalue weighted by Crippen LogP contribution is 2.23. The van der Waals surface area contributed by atoms with Crippen LogP contribution in [-0.2, 0) is 17.8 Å². The normalized spacial score (nSPS) is 15.6. The fourth-order valence-electron chi connectivity index (χ4n) is 3.56.